The number of amides is 1. The van der Waals surface area contributed by atoms with Gasteiger partial charge in [0.25, 0.3) is 5.91 Å². The predicted octanol–water partition coefficient (Wildman–Crippen LogP) is 3.89. The van der Waals surface area contributed by atoms with Gasteiger partial charge < -0.3 is 15.1 Å². The fraction of sp³-hybridized carbons (Fsp3) is 0.0833. The molecule has 7 heteroatoms. The number of rotatable bonds is 5. The fourth-order valence-corrected chi connectivity index (χ4v) is 3.45. The molecule has 1 aliphatic heterocycles. The number of para-hydroxylation sites is 1. The molecule has 3 aromatic carbocycles. The van der Waals surface area contributed by atoms with Crippen molar-refractivity contribution in [3.8, 4) is 0 Å². The second-order valence-corrected chi connectivity index (χ2v) is 7.09. The number of carbonyl (C=O) groups excluding carboxylic acids is 1. The number of hydrogen-bond donors (Lipinski definition) is 2. The lowest BCUT2D eigenvalue weighted by atomic mass is 10.0. The molecule has 7 nitrogen and oxygen atoms in total. The number of anilines is 2. The number of aliphatic imine (C=N–C) groups is 1. The molecule has 0 aliphatic carbocycles. The Morgan fingerprint density at radius 3 is 2.39 bits per heavy atom. The summed E-state index contributed by atoms with van der Waals surface area (Å²) in [6.45, 7) is 0. The second-order valence-electron chi connectivity index (χ2n) is 7.09. The number of hydrogen-bond acceptors (Lipinski definition) is 6. The molecule has 1 unspecified atom stereocenters. The Bertz CT molecular complexity index is 1240. The van der Waals surface area contributed by atoms with Crippen molar-refractivity contribution in [2.24, 2.45) is 4.99 Å². The van der Waals surface area contributed by atoms with Crippen molar-refractivity contribution in [3.05, 3.63) is 108 Å². The highest BCUT2D eigenvalue weighted by Gasteiger charge is 2.27. The molecule has 1 aliphatic rings. The van der Waals surface area contributed by atoms with Crippen LogP contribution in [0.1, 0.15) is 22.6 Å². The molecule has 2 N–H and O–H groups in total. The molecule has 0 fully saturated rings. The van der Waals surface area contributed by atoms with E-state index in [1.54, 1.807) is 0 Å². The fourth-order valence-electron chi connectivity index (χ4n) is 3.45. The first-order valence-electron chi connectivity index (χ1n) is 9.92. The van der Waals surface area contributed by atoms with Gasteiger partial charge in [-0.15, -0.1) is 5.10 Å². The smallest absolute Gasteiger partial charge is 0.317 e. The minimum absolute atomic E-state index is 0.146. The Kier molecular flexibility index (Phi) is 4.98. The molecule has 0 saturated carbocycles. The third kappa shape index (κ3) is 4.06. The molecule has 152 valence electrons. The molecule has 4 aromatic rings. The van der Waals surface area contributed by atoms with Crippen molar-refractivity contribution in [3.63, 3.8) is 0 Å². The Morgan fingerprint density at radius 1 is 0.871 bits per heavy atom. The number of nitrogens with one attached hydrogen (secondary N) is 2. The molecule has 31 heavy (non-hydrogen) atoms. The van der Waals surface area contributed by atoms with Gasteiger partial charge in [0.2, 0.25) is 12.1 Å². The molecule has 0 spiro atoms. The van der Waals surface area contributed by atoms with Crippen molar-refractivity contribution < 1.29 is 9.21 Å². The van der Waals surface area contributed by atoms with Crippen LogP contribution in [0.25, 0.3) is 0 Å². The van der Waals surface area contributed by atoms with Crippen LogP contribution in [-0.2, 0) is 11.2 Å². The van der Waals surface area contributed by atoms with Gasteiger partial charge in [0.1, 0.15) is 0 Å². The molecule has 5 rings (SSSR count). The van der Waals surface area contributed by atoms with E-state index in [0.717, 1.165) is 16.7 Å². The van der Waals surface area contributed by atoms with E-state index in [1.807, 2.05) is 84.9 Å². The standard InChI is InChI=1S/C24H19N5O2/c30-23-22(27-24-29-28-20(31-24)15-16-9-3-1-4-10-16)26-21(17-11-5-2-6-12-17)18-13-7-8-14-19(18)25-23/h1-14,22H,15H2,(H,25,30)(H,27,29). The van der Waals surface area contributed by atoms with Crippen LogP contribution in [0, 0.1) is 0 Å². The zero-order valence-corrected chi connectivity index (χ0v) is 16.5. The third-order valence-corrected chi connectivity index (χ3v) is 4.92. The van der Waals surface area contributed by atoms with Gasteiger partial charge in [-0.1, -0.05) is 84.0 Å². The van der Waals surface area contributed by atoms with Crippen molar-refractivity contribution in [1.29, 1.82) is 0 Å². The summed E-state index contributed by atoms with van der Waals surface area (Å²) >= 11 is 0. The number of benzodiazepines with no additional fused rings is 1. The van der Waals surface area contributed by atoms with E-state index in [2.05, 4.69) is 20.8 Å². The van der Waals surface area contributed by atoms with Crippen LogP contribution in [-0.4, -0.2) is 28.0 Å². The lowest BCUT2D eigenvalue weighted by Gasteiger charge is -2.11. The van der Waals surface area contributed by atoms with Crippen LogP contribution < -0.4 is 10.6 Å². The molecule has 1 atom stereocenters. The monoisotopic (exact) mass is 409 g/mol. The van der Waals surface area contributed by atoms with Gasteiger partial charge in [-0.3, -0.25) is 4.79 Å². The summed E-state index contributed by atoms with van der Waals surface area (Å²) in [5.74, 6) is 0.152. The predicted molar refractivity (Wildman–Crippen MR) is 118 cm³/mol. The summed E-state index contributed by atoms with van der Waals surface area (Å²) in [5, 5.41) is 14.0. The minimum atomic E-state index is -0.923. The topological polar surface area (TPSA) is 92.4 Å². The van der Waals surface area contributed by atoms with Crippen molar-refractivity contribution >= 4 is 23.3 Å². The van der Waals surface area contributed by atoms with Crippen LogP contribution in [0.2, 0.25) is 0 Å². The largest absolute Gasteiger partial charge is 0.408 e. The van der Waals surface area contributed by atoms with E-state index in [4.69, 9.17) is 9.41 Å². The van der Waals surface area contributed by atoms with Gasteiger partial charge in [0.15, 0.2) is 0 Å². The van der Waals surface area contributed by atoms with E-state index < -0.39 is 6.17 Å². The molecule has 1 aromatic heterocycles. The van der Waals surface area contributed by atoms with E-state index in [9.17, 15) is 4.79 Å². The van der Waals surface area contributed by atoms with Crippen LogP contribution in [0.3, 0.4) is 0 Å². The Balaban J connectivity index is 1.45. The number of nitrogens with zero attached hydrogens (tertiary/aromatic N) is 3. The van der Waals surface area contributed by atoms with E-state index in [0.29, 0.717) is 23.7 Å². The maximum absolute atomic E-state index is 12.9. The number of carbonyl (C=O) groups is 1. The summed E-state index contributed by atoms with van der Waals surface area (Å²) in [6.07, 6.45) is -0.413. The van der Waals surface area contributed by atoms with Gasteiger partial charge in [0.05, 0.1) is 17.8 Å². The molecule has 2 heterocycles. The van der Waals surface area contributed by atoms with Gasteiger partial charge in [-0.25, -0.2) is 4.99 Å². The average molecular weight is 409 g/mol. The van der Waals surface area contributed by atoms with Gasteiger partial charge >= 0.3 is 6.01 Å². The van der Waals surface area contributed by atoms with Gasteiger partial charge in [-0.2, -0.15) is 0 Å². The van der Waals surface area contributed by atoms with Crippen LogP contribution in [0.5, 0.6) is 0 Å². The molecular weight excluding hydrogens is 390 g/mol. The SMILES string of the molecule is O=C1Nc2ccccc2C(c2ccccc2)=NC1Nc1nnc(Cc2ccccc2)o1. The summed E-state index contributed by atoms with van der Waals surface area (Å²) in [5.41, 5.74) is 4.23. The van der Waals surface area contributed by atoms with E-state index in [-0.39, 0.29) is 11.9 Å². The minimum Gasteiger partial charge on any atom is -0.408 e. The number of aromatic nitrogens is 2. The summed E-state index contributed by atoms with van der Waals surface area (Å²) < 4.78 is 5.71. The lowest BCUT2D eigenvalue weighted by Crippen LogP contribution is -2.32. The molecule has 1 amide bonds. The quantitative estimate of drug-likeness (QED) is 0.522. The maximum Gasteiger partial charge on any atom is 0.317 e. The Hall–Kier alpha value is -4.26. The van der Waals surface area contributed by atoms with E-state index >= 15 is 0 Å². The van der Waals surface area contributed by atoms with Gasteiger partial charge in [-0.05, 0) is 11.6 Å². The number of benzene rings is 3. The van der Waals surface area contributed by atoms with Crippen molar-refractivity contribution in [2.75, 3.05) is 10.6 Å². The first-order valence-corrected chi connectivity index (χ1v) is 9.92. The second kappa shape index (κ2) is 8.23. The Morgan fingerprint density at radius 2 is 1.58 bits per heavy atom. The zero-order valence-electron chi connectivity index (χ0n) is 16.5. The maximum atomic E-state index is 12.9. The normalized spacial score (nSPS) is 15.4. The first-order chi connectivity index (χ1) is 15.3. The van der Waals surface area contributed by atoms with Crippen LogP contribution in [0.15, 0.2) is 94.3 Å². The third-order valence-electron chi connectivity index (χ3n) is 4.92. The lowest BCUT2D eigenvalue weighted by molar-refractivity contribution is -0.116. The summed E-state index contributed by atoms with van der Waals surface area (Å²) in [6, 6.07) is 27.3. The van der Waals surface area contributed by atoms with Gasteiger partial charge in [0, 0.05) is 11.1 Å². The molecular formula is C24H19N5O2. The highest BCUT2D eigenvalue weighted by molar-refractivity contribution is 6.19. The molecule has 0 radical (unpaired) electrons. The van der Waals surface area contributed by atoms with Crippen molar-refractivity contribution in [2.45, 2.75) is 12.6 Å². The van der Waals surface area contributed by atoms with Crippen molar-refractivity contribution in [1.82, 2.24) is 10.2 Å². The number of fused-ring (bicyclic) bond motifs is 1. The molecule has 0 bridgehead atoms. The Labute approximate surface area is 178 Å². The average Bonchev–Trinajstić information content (AvgIpc) is 3.19. The molecule has 0 saturated heterocycles. The van der Waals surface area contributed by atoms with Crippen LogP contribution >= 0.6 is 0 Å². The zero-order chi connectivity index (χ0) is 21.0. The van der Waals surface area contributed by atoms with E-state index in [1.165, 1.54) is 0 Å². The highest BCUT2D eigenvalue weighted by Crippen LogP contribution is 2.24. The summed E-state index contributed by atoms with van der Waals surface area (Å²) in [4.78, 5) is 17.6. The first kappa shape index (κ1) is 18.7. The highest BCUT2D eigenvalue weighted by atomic mass is 16.4. The summed E-state index contributed by atoms with van der Waals surface area (Å²) in [7, 11) is 0. The van der Waals surface area contributed by atoms with Crippen LogP contribution in [0.4, 0.5) is 11.7 Å².